The van der Waals surface area contributed by atoms with Gasteiger partial charge < -0.3 is 9.72 Å². The number of nitrogens with one attached hydrogen (secondary N) is 1. The third-order valence-electron chi connectivity index (χ3n) is 1.67. The van der Waals surface area contributed by atoms with E-state index in [0.717, 1.165) is 6.07 Å². The van der Waals surface area contributed by atoms with Crippen LogP contribution < -0.4 is 10.3 Å². The Morgan fingerprint density at radius 3 is 2.71 bits per heavy atom. The Hall–Kier alpha value is -1.10. The van der Waals surface area contributed by atoms with Crippen LogP contribution in [0.4, 0.5) is 8.78 Å². The van der Waals surface area contributed by atoms with Gasteiger partial charge in [-0.15, -0.1) is 11.6 Å². The van der Waals surface area contributed by atoms with Crippen LogP contribution in [0.25, 0.3) is 0 Å². The van der Waals surface area contributed by atoms with Crippen molar-refractivity contribution >= 4 is 11.6 Å². The van der Waals surface area contributed by atoms with Crippen molar-refractivity contribution in [3.63, 3.8) is 0 Å². The Kier molecular flexibility index (Phi) is 3.46. The second kappa shape index (κ2) is 4.41. The lowest BCUT2D eigenvalue weighted by molar-refractivity contribution is 0.146. The van der Waals surface area contributed by atoms with Gasteiger partial charge in [-0.05, 0) is 0 Å². The number of hydrogen-bond donors (Lipinski definition) is 1. The molecule has 0 aliphatic carbocycles. The average molecular weight is 224 g/mol. The summed E-state index contributed by atoms with van der Waals surface area (Å²) in [5, 5.41) is 0. The van der Waals surface area contributed by atoms with E-state index >= 15 is 0 Å². The van der Waals surface area contributed by atoms with Crippen LogP contribution in [0.5, 0.6) is 5.75 Å². The Labute approximate surface area is 83.7 Å². The van der Waals surface area contributed by atoms with E-state index < -0.39 is 17.5 Å². The van der Waals surface area contributed by atoms with E-state index in [1.54, 1.807) is 0 Å². The molecule has 14 heavy (non-hydrogen) atoms. The van der Waals surface area contributed by atoms with E-state index in [2.05, 4.69) is 4.98 Å². The van der Waals surface area contributed by atoms with Crippen molar-refractivity contribution in [1.29, 1.82) is 0 Å². The van der Waals surface area contributed by atoms with Gasteiger partial charge in [0.15, 0.2) is 0 Å². The van der Waals surface area contributed by atoms with Crippen LogP contribution in [0.15, 0.2) is 10.9 Å². The number of halogens is 3. The summed E-state index contributed by atoms with van der Waals surface area (Å²) in [5.74, 6) is -0.145. The van der Waals surface area contributed by atoms with E-state index in [4.69, 9.17) is 16.3 Å². The third kappa shape index (κ3) is 2.04. The van der Waals surface area contributed by atoms with Crippen LogP contribution in [0.2, 0.25) is 0 Å². The number of pyridine rings is 1. The van der Waals surface area contributed by atoms with E-state index in [1.165, 1.54) is 7.11 Å². The summed E-state index contributed by atoms with van der Waals surface area (Å²) in [7, 11) is 1.25. The Bertz CT molecular complexity index is 378. The van der Waals surface area contributed by atoms with Crippen molar-refractivity contribution < 1.29 is 13.5 Å². The number of H-pyrrole nitrogens is 1. The second-order valence-electron chi connectivity index (χ2n) is 2.54. The van der Waals surface area contributed by atoms with E-state index in [1.807, 2.05) is 0 Å². The molecule has 1 N–H and O–H groups in total. The second-order valence-corrected chi connectivity index (χ2v) is 2.80. The number of alkyl halides is 3. The van der Waals surface area contributed by atoms with E-state index in [9.17, 15) is 13.6 Å². The number of ether oxygens (including phenoxy) is 1. The number of rotatable bonds is 3. The lowest BCUT2D eigenvalue weighted by Gasteiger charge is -2.10. The zero-order valence-electron chi connectivity index (χ0n) is 7.31. The van der Waals surface area contributed by atoms with E-state index in [-0.39, 0.29) is 17.3 Å². The molecule has 0 aliphatic heterocycles. The van der Waals surface area contributed by atoms with Crippen LogP contribution in [0.3, 0.4) is 0 Å². The first-order chi connectivity index (χ1) is 6.60. The maximum atomic E-state index is 12.4. The summed E-state index contributed by atoms with van der Waals surface area (Å²) >= 11 is 5.46. The highest BCUT2D eigenvalue weighted by molar-refractivity contribution is 6.17. The zero-order valence-corrected chi connectivity index (χ0v) is 8.07. The molecule has 78 valence electrons. The smallest absolute Gasteiger partial charge is 0.267 e. The van der Waals surface area contributed by atoms with Crippen LogP contribution in [0, 0.1) is 0 Å². The summed E-state index contributed by atoms with van der Waals surface area (Å²) < 4.78 is 29.6. The highest BCUT2D eigenvalue weighted by Crippen LogP contribution is 2.30. The predicted octanol–water partition coefficient (Wildman–Crippen LogP) is 2.06. The summed E-state index contributed by atoms with van der Waals surface area (Å²) in [5.41, 5.74) is -0.888. The molecule has 6 heteroatoms. The van der Waals surface area contributed by atoms with E-state index in [0.29, 0.717) is 0 Å². The molecule has 0 radical (unpaired) electrons. The van der Waals surface area contributed by atoms with Gasteiger partial charge in [-0.25, -0.2) is 8.78 Å². The fourth-order valence-electron chi connectivity index (χ4n) is 1.12. The molecule has 0 aromatic carbocycles. The number of hydrogen-bond acceptors (Lipinski definition) is 2. The molecule has 1 aromatic heterocycles. The molecular weight excluding hydrogens is 216 g/mol. The van der Waals surface area contributed by atoms with Gasteiger partial charge in [0.1, 0.15) is 5.75 Å². The van der Waals surface area contributed by atoms with Crippen LogP contribution in [-0.4, -0.2) is 12.1 Å². The van der Waals surface area contributed by atoms with Gasteiger partial charge >= 0.3 is 0 Å². The molecule has 0 amide bonds. The minimum atomic E-state index is -2.76. The molecule has 0 fully saturated rings. The monoisotopic (exact) mass is 223 g/mol. The number of aromatic nitrogens is 1. The minimum absolute atomic E-state index is 0.0606. The van der Waals surface area contributed by atoms with Crippen molar-refractivity contribution in [3.05, 3.63) is 27.7 Å². The van der Waals surface area contributed by atoms with Gasteiger partial charge in [-0.3, -0.25) is 4.79 Å². The van der Waals surface area contributed by atoms with Crippen molar-refractivity contribution in [2.45, 2.75) is 12.3 Å². The topological polar surface area (TPSA) is 42.1 Å². The molecule has 0 aliphatic rings. The largest absolute Gasteiger partial charge is 0.494 e. The molecule has 1 rings (SSSR count). The summed E-state index contributed by atoms with van der Waals surface area (Å²) in [4.78, 5) is 13.3. The first-order valence-electron chi connectivity index (χ1n) is 3.74. The van der Waals surface area contributed by atoms with Crippen LogP contribution in [-0.2, 0) is 5.88 Å². The fourth-order valence-corrected chi connectivity index (χ4v) is 1.31. The third-order valence-corrected chi connectivity index (χ3v) is 1.94. The van der Waals surface area contributed by atoms with Gasteiger partial charge in [-0.2, -0.15) is 0 Å². The van der Waals surface area contributed by atoms with Gasteiger partial charge in [0.25, 0.3) is 6.43 Å². The molecule has 0 bridgehead atoms. The van der Waals surface area contributed by atoms with Gasteiger partial charge in [0.05, 0.1) is 24.2 Å². The Morgan fingerprint density at radius 2 is 2.29 bits per heavy atom. The van der Waals surface area contributed by atoms with Crippen LogP contribution in [0.1, 0.15) is 17.7 Å². The van der Waals surface area contributed by atoms with Gasteiger partial charge in [0, 0.05) is 6.07 Å². The number of methoxy groups -OCH3 is 1. The molecule has 0 atom stereocenters. The molecular formula is C8H8ClF2NO2. The summed E-state index contributed by atoms with van der Waals surface area (Å²) in [6.07, 6.45) is -2.76. The Balaban J connectivity index is 3.39. The molecule has 1 heterocycles. The molecule has 1 aromatic rings. The van der Waals surface area contributed by atoms with Crippen LogP contribution >= 0.6 is 11.6 Å². The number of aromatic amines is 1. The highest BCUT2D eigenvalue weighted by atomic mass is 35.5. The normalized spacial score (nSPS) is 10.6. The molecule has 0 saturated carbocycles. The minimum Gasteiger partial charge on any atom is -0.494 e. The Morgan fingerprint density at radius 1 is 1.64 bits per heavy atom. The lowest BCUT2D eigenvalue weighted by atomic mass is 10.2. The average Bonchev–Trinajstić information content (AvgIpc) is 2.16. The standard InChI is InChI=1S/C8H8ClF2NO2/c1-14-7-4(8(10)11)2-6(13)12-5(7)3-9/h2,8H,3H2,1H3,(H,12,13). The maximum Gasteiger partial charge on any atom is 0.267 e. The first kappa shape index (κ1) is 11.0. The molecule has 0 saturated heterocycles. The van der Waals surface area contributed by atoms with Gasteiger partial charge in [-0.1, -0.05) is 0 Å². The predicted molar refractivity (Wildman–Crippen MR) is 48.1 cm³/mol. The molecule has 0 unspecified atom stereocenters. The van der Waals surface area contributed by atoms with Crippen molar-refractivity contribution in [2.75, 3.05) is 7.11 Å². The summed E-state index contributed by atoms with van der Waals surface area (Å²) in [6.45, 7) is 0. The molecule has 3 nitrogen and oxygen atoms in total. The van der Waals surface area contributed by atoms with Gasteiger partial charge in [0.2, 0.25) is 5.56 Å². The SMILES string of the molecule is COc1c(C(F)F)cc(=O)[nH]c1CCl. The van der Waals surface area contributed by atoms with Crippen molar-refractivity contribution in [3.8, 4) is 5.75 Å². The highest BCUT2D eigenvalue weighted by Gasteiger charge is 2.18. The quantitative estimate of drug-likeness (QED) is 0.797. The zero-order chi connectivity index (χ0) is 10.7. The fraction of sp³-hybridized carbons (Fsp3) is 0.375. The first-order valence-corrected chi connectivity index (χ1v) is 4.27. The lowest BCUT2D eigenvalue weighted by Crippen LogP contribution is -2.11. The van der Waals surface area contributed by atoms with Crippen molar-refractivity contribution in [1.82, 2.24) is 4.98 Å². The maximum absolute atomic E-state index is 12.4. The molecule has 0 spiro atoms. The van der Waals surface area contributed by atoms with Crippen molar-refractivity contribution in [2.24, 2.45) is 0 Å². The summed E-state index contributed by atoms with van der Waals surface area (Å²) in [6, 6.07) is 0.805.